The van der Waals surface area contributed by atoms with E-state index in [4.69, 9.17) is 0 Å². The molecule has 2 aromatic carbocycles. The lowest BCUT2D eigenvalue weighted by atomic mass is 10.2. The number of nitrogens with one attached hydrogen (secondary N) is 1. The fourth-order valence-electron chi connectivity index (χ4n) is 2.31. The first-order valence-corrected chi connectivity index (χ1v) is 10.7. The van der Waals surface area contributed by atoms with E-state index in [1.165, 1.54) is 17.8 Å². The highest BCUT2D eigenvalue weighted by Gasteiger charge is 2.32. The van der Waals surface area contributed by atoms with Crippen LogP contribution >= 0.6 is 11.8 Å². The molecular weight excluding hydrogens is 401 g/mol. The van der Waals surface area contributed by atoms with Crippen LogP contribution in [0.1, 0.15) is 5.56 Å². The van der Waals surface area contributed by atoms with Crippen LogP contribution in [0.3, 0.4) is 0 Å². The number of carbonyl (C=O) groups excluding carboxylic acids is 1. The first-order chi connectivity index (χ1) is 12.5. The van der Waals surface area contributed by atoms with Crippen molar-refractivity contribution in [1.29, 1.82) is 0 Å². The fourth-order valence-corrected chi connectivity index (χ4v) is 3.71. The van der Waals surface area contributed by atoms with E-state index in [-0.39, 0.29) is 5.69 Å². The number of sulfonamides is 1. The molecule has 0 radical (unpaired) electrons. The van der Waals surface area contributed by atoms with E-state index in [1.54, 1.807) is 24.3 Å². The van der Waals surface area contributed by atoms with E-state index in [0.717, 1.165) is 23.3 Å². The van der Waals surface area contributed by atoms with Crippen molar-refractivity contribution in [2.24, 2.45) is 0 Å². The Morgan fingerprint density at radius 1 is 1.15 bits per heavy atom. The van der Waals surface area contributed by atoms with E-state index in [2.05, 4.69) is 5.32 Å². The number of thioether (sulfide) groups is 1. The SMILES string of the molecule is CSc1ccccc1NC(=O)CN(c1cccc(C(F)(F)F)c1)S(C)(=O)=O. The van der Waals surface area contributed by atoms with Crippen molar-refractivity contribution in [2.45, 2.75) is 11.1 Å². The van der Waals surface area contributed by atoms with Gasteiger partial charge < -0.3 is 5.32 Å². The minimum atomic E-state index is -4.63. The number of hydrogen-bond donors (Lipinski definition) is 1. The quantitative estimate of drug-likeness (QED) is 0.724. The van der Waals surface area contributed by atoms with Crippen LogP contribution in [0, 0.1) is 0 Å². The second kappa shape index (κ2) is 8.22. The Balaban J connectivity index is 2.30. The molecule has 2 rings (SSSR count). The zero-order chi connectivity index (χ0) is 20.2. The van der Waals surface area contributed by atoms with E-state index >= 15 is 0 Å². The van der Waals surface area contributed by atoms with Crippen molar-refractivity contribution in [3.05, 3.63) is 54.1 Å². The molecule has 5 nitrogen and oxygen atoms in total. The van der Waals surface area contributed by atoms with Gasteiger partial charge in [-0.1, -0.05) is 18.2 Å². The van der Waals surface area contributed by atoms with Gasteiger partial charge in [0.2, 0.25) is 15.9 Å². The van der Waals surface area contributed by atoms with Crippen LogP contribution in [0.15, 0.2) is 53.4 Å². The van der Waals surface area contributed by atoms with Gasteiger partial charge in [-0.15, -0.1) is 11.8 Å². The molecule has 0 aliphatic carbocycles. The van der Waals surface area contributed by atoms with Crippen molar-refractivity contribution in [3.63, 3.8) is 0 Å². The van der Waals surface area contributed by atoms with Crippen molar-refractivity contribution >= 4 is 39.1 Å². The highest BCUT2D eigenvalue weighted by atomic mass is 32.2. The summed E-state index contributed by atoms with van der Waals surface area (Å²) in [6, 6.07) is 10.8. The Hall–Kier alpha value is -2.20. The molecule has 0 saturated carbocycles. The third kappa shape index (κ3) is 5.64. The van der Waals surface area contributed by atoms with Gasteiger partial charge in [0.1, 0.15) is 6.54 Å². The number of rotatable bonds is 6. The minimum Gasteiger partial charge on any atom is -0.323 e. The summed E-state index contributed by atoms with van der Waals surface area (Å²) >= 11 is 1.39. The van der Waals surface area contributed by atoms with Gasteiger partial charge in [-0.05, 0) is 36.6 Å². The van der Waals surface area contributed by atoms with Gasteiger partial charge >= 0.3 is 6.18 Å². The number of hydrogen-bond acceptors (Lipinski definition) is 4. The monoisotopic (exact) mass is 418 g/mol. The zero-order valence-corrected chi connectivity index (χ0v) is 16.1. The van der Waals surface area contributed by atoms with Crippen LogP contribution in [0.2, 0.25) is 0 Å². The maximum Gasteiger partial charge on any atom is 0.416 e. The van der Waals surface area contributed by atoms with Crippen molar-refractivity contribution in [2.75, 3.05) is 28.7 Å². The van der Waals surface area contributed by atoms with Crippen LogP contribution in [0.4, 0.5) is 24.5 Å². The molecule has 146 valence electrons. The summed E-state index contributed by atoms with van der Waals surface area (Å²) < 4.78 is 63.5. The molecule has 0 atom stereocenters. The summed E-state index contributed by atoms with van der Waals surface area (Å²) in [7, 11) is -3.98. The number of anilines is 2. The average Bonchev–Trinajstić information content (AvgIpc) is 2.58. The minimum absolute atomic E-state index is 0.236. The van der Waals surface area contributed by atoms with Gasteiger partial charge in [0.05, 0.1) is 23.2 Å². The molecule has 27 heavy (non-hydrogen) atoms. The smallest absolute Gasteiger partial charge is 0.323 e. The molecule has 0 aliphatic heterocycles. The highest BCUT2D eigenvalue weighted by Crippen LogP contribution is 2.32. The van der Waals surface area contributed by atoms with Crippen LogP contribution < -0.4 is 9.62 Å². The predicted octanol–water partition coefficient (Wildman–Crippen LogP) is 3.83. The molecule has 0 saturated heterocycles. The van der Waals surface area contributed by atoms with Gasteiger partial charge in [-0.25, -0.2) is 8.42 Å². The lowest BCUT2D eigenvalue weighted by Crippen LogP contribution is -2.37. The van der Waals surface area contributed by atoms with Gasteiger partial charge in [0.15, 0.2) is 0 Å². The third-order valence-corrected chi connectivity index (χ3v) is 5.47. The molecule has 1 amide bonds. The molecule has 0 aromatic heterocycles. The zero-order valence-electron chi connectivity index (χ0n) is 14.4. The Labute approximate surface area is 159 Å². The molecule has 2 aromatic rings. The summed E-state index contributed by atoms with van der Waals surface area (Å²) in [6.45, 7) is -0.650. The summed E-state index contributed by atoms with van der Waals surface area (Å²) in [5.41, 5.74) is -0.741. The summed E-state index contributed by atoms with van der Waals surface area (Å²) in [4.78, 5) is 13.1. The molecule has 0 fully saturated rings. The van der Waals surface area contributed by atoms with Crippen molar-refractivity contribution in [1.82, 2.24) is 0 Å². The standard InChI is InChI=1S/C17H17F3N2O3S2/c1-26-15-9-4-3-8-14(15)21-16(23)11-22(27(2,24)25)13-7-5-6-12(10-13)17(18,19)20/h3-10H,11H2,1-2H3,(H,21,23). The maximum absolute atomic E-state index is 12.9. The number of carbonyl (C=O) groups is 1. The van der Waals surface area contributed by atoms with Gasteiger partial charge in [-0.3, -0.25) is 9.10 Å². The number of nitrogens with zero attached hydrogens (tertiary/aromatic N) is 1. The summed E-state index contributed by atoms with van der Waals surface area (Å²) in [6.07, 6.45) is -1.98. The summed E-state index contributed by atoms with van der Waals surface area (Å²) in [5.74, 6) is -0.667. The predicted molar refractivity (Wildman–Crippen MR) is 100 cm³/mol. The van der Waals surface area contributed by atoms with Crippen LogP contribution in [-0.2, 0) is 21.0 Å². The van der Waals surface area contributed by atoms with E-state index < -0.39 is 34.2 Å². The van der Waals surface area contributed by atoms with E-state index in [9.17, 15) is 26.4 Å². The fraction of sp³-hybridized carbons (Fsp3) is 0.235. The van der Waals surface area contributed by atoms with Crippen molar-refractivity contribution in [3.8, 4) is 0 Å². The lowest BCUT2D eigenvalue weighted by Gasteiger charge is -2.23. The molecule has 0 spiro atoms. The number of alkyl halides is 3. The molecule has 1 N–H and O–H groups in total. The van der Waals surface area contributed by atoms with E-state index in [0.29, 0.717) is 16.1 Å². The lowest BCUT2D eigenvalue weighted by molar-refractivity contribution is -0.137. The third-order valence-electron chi connectivity index (χ3n) is 3.53. The maximum atomic E-state index is 12.9. The normalized spacial score (nSPS) is 11.9. The average molecular weight is 418 g/mol. The first-order valence-electron chi connectivity index (χ1n) is 7.60. The van der Waals surface area contributed by atoms with Gasteiger partial charge in [0, 0.05) is 4.90 Å². The van der Waals surface area contributed by atoms with Crippen LogP contribution in [-0.4, -0.2) is 33.4 Å². The molecule has 10 heteroatoms. The molecule has 0 unspecified atom stereocenters. The Morgan fingerprint density at radius 2 is 1.81 bits per heavy atom. The number of halogens is 3. The number of benzene rings is 2. The van der Waals surface area contributed by atoms with Gasteiger partial charge in [-0.2, -0.15) is 13.2 Å². The number of para-hydroxylation sites is 1. The Kier molecular flexibility index (Phi) is 6.42. The molecular formula is C17H17F3N2O3S2. The second-order valence-electron chi connectivity index (χ2n) is 5.57. The molecule has 0 bridgehead atoms. The Bertz CT molecular complexity index is 931. The molecule has 0 aliphatic rings. The second-order valence-corrected chi connectivity index (χ2v) is 8.32. The topological polar surface area (TPSA) is 66.5 Å². The number of amides is 1. The van der Waals surface area contributed by atoms with Crippen LogP contribution in [0.25, 0.3) is 0 Å². The molecule has 0 heterocycles. The first kappa shape index (κ1) is 21.1. The van der Waals surface area contributed by atoms with Crippen molar-refractivity contribution < 1.29 is 26.4 Å². The largest absolute Gasteiger partial charge is 0.416 e. The van der Waals surface area contributed by atoms with Crippen LogP contribution in [0.5, 0.6) is 0 Å². The summed E-state index contributed by atoms with van der Waals surface area (Å²) in [5, 5.41) is 2.59. The Morgan fingerprint density at radius 3 is 2.41 bits per heavy atom. The van der Waals surface area contributed by atoms with E-state index in [1.807, 2.05) is 6.26 Å². The highest BCUT2D eigenvalue weighted by molar-refractivity contribution is 7.98. The van der Waals surface area contributed by atoms with Gasteiger partial charge in [0.25, 0.3) is 0 Å².